The van der Waals surface area contributed by atoms with Crippen molar-refractivity contribution >= 4 is 0 Å². The Morgan fingerprint density at radius 3 is 1.26 bits per heavy atom. The van der Waals surface area contributed by atoms with Gasteiger partial charge < -0.3 is 40.6 Å². The first kappa shape index (κ1) is 40.2. The molecule has 0 fully saturated rings. The Morgan fingerprint density at radius 2 is 0.842 bits per heavy atom. The smallest absolute Gasteiger partial charge is 0.104 e. The summed E-state index contributed by atoms with van der Waals surface area (Å²) in [6.45, 7) is 8.39. The van der Waals surface area contributed by atoms with Crippen LogP contribution in [0.15, 0.2) is 0 Å². The lowest BCUT2D eigenvalue weighted by Gasteiger charge is -2.23. The molecule has 1 unspecified atom stereocenters. The predicted molar refractivity (Wildman–Crippen MR) is 157 cm³/mol. The Hall–Kier alpha value is 0.0500. The van der Waals surface area contributed by atoms with Crippen LogP contribution in [0, 0.1) is 0 Å². The number of halogens is 1. The third-order valence-electron chi connectivity index (χ3n) is 6.73. The van der Waals surface area contributed by atoms with E-state index in [1.807, 2.05) is 0 Å². The van der Waals surface area contributed by atoms with Gasteiger partial charge in [0, 0.05) is 13.7 Å². The molecule has 0 N–H and O–H groups in total. The average molecular weight is 568 g/mol. The second-order valence-electron chi connectivity index (χ2n) is 11.5. The number of unbranched alkanes of at least 4 members (excludes halogenated alkanes) is 15. The monoisotopic (exact) mass is 567 g/mol. The van der Waals surface area contributed by atoms with E-state index >= 15 is 0 Å². The molecular weight excluding hydrogens is 502 g/mol. The molecule has 0 aromatic rings. The summed E-state index contributed by atoms with van der Waals surface area (Å²) >= 11 is 0. The van der Waals surface area contributed by atoms with Crippen molar-refractivity contribution in [3.05, 3.63) is 0 Å². The van der Waals surface area contributed by atoms with Gasteiger partial charge in [0.05, 0.1) is 67.4 Å². The average Bonchev–Trinajstić information content (AvgIpc) is 2.87. The van der Waals surface area contributed by atoms with E-state index in [-0.39, 0.29) is 18.5 Å². The van der Waals surface area contributed by atoms with Crippen molar-refractivity contribution in [3.63, 3.8) is 0 Å². The van der Waals surface area contributed by atoms with E-state index in [1.54, 1.807) is 7.11 Å². The number of rotatable bonds is 31. The van der Waals surface area contributed by atoms with Crippen molar-refractivity contribution in [2.24, 2.45) is 0 Å². The zero-order valence-electron chi connectivity index (χ0n) is 26.1. The third-order valence-corrected chi connectivity index (χ3v) is 6.73. The van der Waals surface area contributed by atoms with Crippen molar-refractivity contribution in [3.8, 4) is 0 Å². The molecule has 0 aromatic carbocycles. The SMILES string of the molecule is CCCCCCCCCCCCCCCCCCOCC(COCCOCCOCC[N+](C)(C)C)OC.[Cl-]. The van der Waals surface area contributed by atoms with E-state index in [1.165, 1.54) is 96.3 Å². The Kier molecular flexibility index (Phi) is 33.4. The number of hydrogen-bond acceptors (Lipinski definition) is 5. The lowest BCUT2D eigenvalue weighted by atomic mass is 10.0. The van der Waals surface area contributed by atoms with Crippen LogP contribution in [0.4, 0.5) is 0 Å². The molecule has 0 aliphatic rings. The van der Waals surface area contributed by atoms with Crippen molar-refractivity contribution < 1.29 is 40.6 Å². The molecule has 0 aliphatic carbocycles. The molecule has 0 spiro atoms. The molecule has 0 aliphatic heterocycles. The highest BCUT2D eigenvalue weighted by molar-refractivity contribution is 4.55. The number of nitrogens with zero attached hydrogens (tertiary/aromatic N) is 1. The van der Waals surface area contributed by atoms with Crippen molar-refractivity contribution in [2.45, 2.75) is 116 Å². The maximum absolute atomic E-state index is 5.81. The Labute approximate surface area is 243 Å². The third kappa shape index (κ3) is 34.1. The first-order valence-electron chi connectivity index (χ1n) is 15.6. The van der Waals surface area contributed by atoms with Gasteiger partial charge in [-0.1, -0.05) is 103 Å². The van der Waals surface area contributed by atoms with Crippen LogP contribution in [0.3, 0.4) is 0 Å². The van der Waals surface area contributed by atoms with Gasteiger partial charge >= 0.3 is 0 Å². The number of ether oxygens (including phenoxy) is 5. The molecule has 7 heteroatoms. The molecule has 38 heavy (non-hydrogen) atoms. The van der Waals surface area contributed by atoms with Crippen LogP contribution in [0.2, 0.25) is 0 Å². The Bertz CT molecular complexity index is 437. The lowest BCUT2D eigenvalue weighted by molar-refractivity contribution is -0.870. The van der Waals surface area contributed by atoms with Gasteiger partial charge in [-0.25, -0.2) is 0 Å². The first-order chi connectivity index (χ1) is 18.0. The van der Waals surface area contributed by atoms with Gasteiger partial charge in [0.25, 0.3) is 0 Å². The van der Waals surface area contributed by atoms with Gasteiger partial charge in [-0.3, -0.25) is 0 Å². The highest BCUT2D eigenvalue weighted by Gasteiger charge is 2.08. The molecule has 6 nitrogen and oxygen atoms in total. The maximum Gasteiger partial charge on any atom is 0.104 e. The van der Waals surface area contributed by atoms with Crippen LogP contribution in [0.25, 0.3) is 0 Å². The minimum atomic E-state index is -0.0140. The van der Waals surface area contributed by atoms with Crippen LogP contribution in [-0.2, 0) is 23.7 Å². The summed E-state index contributed by atoms with van der Waals surface area (Å²) in [4.78, 5) is 0. The standard InChI is InChI=1S/C31H66NO5.ClH/c1-6-7-8-9-10-11-12-13-14-15-16-17-18-19-20-21-23-36-29-31(33-5)30-37-28-27-35-26-25-34-24-22-32(2,3)4;/h31H,6-30H2,1-5H3;1H/q+1;/p-1. The molecular formula is C31H66ClNO5. The summed E-state index contributed by atoms with van der Waals surface area (Å²) in [5.41, 5.74) is 0. The molecule has 232 valence electrons. The second-order valence-corrected chi connectivity index (χ2v) is 11.5. The predicted octanol–water partition coefficient (Wildman–Crippen LogP) is 4.04. The molecule has 0 rings (SSSR count). The number of likely N-dealkylation sites (N-methyl/N-ethyl adjacent to an activating group) is 1. The molecule has 0 amide bonds. The van der Waals surface area contributed by atoms with Gasteiger partial charge in [0.1, 0.15) is 12.6 Å². The summed E-state index contributed by atoms with van der Waals surface area (Å²) < 4.78 is 29.0. The second kappa shape index (κ2) is 31.6. The molecule has 0 saturated carbocycles. The van der Waals surface area contributed by atoms with E-state index < -0.39 is 0 Å². The highest BCUT2D eigenvalue weighted by Crippen LogP contribution is 2.13. The normalized spacial score (nSPS) is 12.6. The van der Waals surface area contributed by atoms with Gasteiger partial charge in [-0.05, 0) is 6.42 Å². The fourth-order valence-electron chi connectivity index (χ4n) is 4.14. The van der Waals surface area contributed by atoms with Crippen LogP contribution >= 0.6 is 0 Å². The van der Waals surface area contributed by atoms with Crippen molar-refractivity contribution in [1.29, 1.82) is 0 Å². The van der Waals surface area contributed by atoms with E-state index in [0.717, 1.165) is 30.7 Å². The Balaban J connectivity index is 0. The summed E-state index contributed by atoms with van der Waals surface area (Å²) in [6, 6.07) is 0. The van der Waals surface area contributed by atoms with E-state index in [4.69, 9.17) is 23.7 Å². The van der Waals surface area contributed by atoms with E-state index in [0.29, 0.717) is 39.6 Å². The summed E-state index contributed by atoms with van der Waals surface area (Å²) in [5.74, 6) is 0. The summed E-state index contributed by atoms with van der Waals surface area (Å²) in [7, 11) is 8.21. The van der Waals surface area contributed by atoms with Crippen molar-refractivity contribution in [2.75, 3.05) is 87.7 Å². The molecule has 0 saturated heterocycles. The van der Waals surface area contributed by atoms with Gasteiger partial charge in [0.2, 0.25) is 0 Å². The first-order valence-corrected chi connectivity index (χ1v) is 15.6. The fourth-order valence-corrected chi connectivity index (χ4v) is 4.14. The van der Waals surface area contributed by atoms with Gasteiger partial charge in [0.15, 0.2) is 0 Å². The maximum atomic E-state index is 5.81. The van der Waals surface area contributed by atoms with Crippen LogP contribution in [0.1, 0.15) is 110 Å². The van der Waals surface area contributed by atoms with Gasteiger partial charge in [-0.2, -0.15) is 0 Å². The lowest BCUT2D eigenvalue weighted by Crippen LogP contribution is -3.00. The molecule has 0 heterocycles. The van der Waals surface area contributed by atoms with Crippen molar-refractivity contribution in [1.82, 2.24) is 0 Å². The fraction of sp³-hybridized carbons (Fsp3) is 1.00. The minimum Gasteiger partial charge on any atom is -1.00 e. The van der Waals surface area contributed by atoms with E-state index in [9.17, 15) is 0 Å². The largest absolute Gasteiger partial charge is 1.00 e. The van der Waals surface area contributed by atoms with Crippen LogP contribution in [-0.4, -0.2) is 98.2 Å². The highest BCUT2D eigenvalue weighted by atomic mass is 35.5. The molecule has 0 bridgehead atoms. The molecule has 1 atom stereocenters. The zero-order valence-corrected chi connectivity index (χ0v) is 26.9. The topological polar surface area (TPSA) is 46.2 Å². The summed E-state index contributed by atoms with van der Waals surface area (Å²) in [5, 5.41) is 0. The minimum absolute atomic E-state index is 0. The molecule has 0 aromatic heterocycles. The molecule has 0 radical (unpaired) electrons. The summed E-state index contributed by atoms with van der Waals surface area (Å²) in [6.07, 6.45) is 22.2. The van der Waals surface area contributed by atoms with E-state index in [2.05, 4.69) is 28.1 Å². The quantitative estimate of drug-likeness (QED) is 0.0934. The van der Waals surface area contributed by atoms with Gasteiger partial charge in [-0.15, -0.1) is 0 Å². The number of hydrogen-bond donors (Lipinski definition) is 0. The number of quaternary nitrogens is 1. The van der Waals surface area contributed by atoms with Crippen LogP contribution in [0.5, 0.6) is 0 Å². The number of methoxy groups -OCH3 is 1. The Morgan fingerprint density at radius 1 is 0.474 bits per heavy atom. The van der Waals surface area contributed by atoms with Crippen LogP contribution < -0.4 is 12.4 Å². The zero-order chi connectivity index (χ0) is 27.3.